The molecule has 9 nitrogen and oxygen atoms in total. The minimum absolute atomic E-state index is 0.0900. The molecule has 2 aromatic heterocycles. The first kappa shape index (κ1) is 19.3. The number of H-pyrrole nitrogens is 2. The summed E-state index contributed by atoms with van der Waals surface area (Å²) in [4.78, 5) is 48.1. The first-order valence-electron chi connectivity index (χ1n) is 9.39. The normalized spacial score (nSPS) is 11.3. The van der Waals surface area contributed by atoms with Gasteiger partial charge in [0.05, 0.1) is 27.9 Å². The number of para-hydroxylation sites is 1. The van der Waals surface area contributed by atoms with Crippen molar-refractivity contribution in [2.75, 3.05) is 0 Å². The van der Waals surface area contributed by atoms with Crippen molar-refractivity contribution in [2.24, 2.45) is 0 Å². The van der Waals surface area contributed by atoms with Crippen LogP contribution in [0.15, 0.2) is 53.5 Å². The lowest BCUT2D eigenvalue weighted by Gasteiger charge is -2.26. The molecule has 0 saturated carbocycles. The maximum absolute atomic E-state index is 13.3. The van der Waals surface area contributed by atoms with Gasteiger partial charge in [-0.2, -0.15) is 0 Å². The molecule has 4 aromatic rings. The number of nitro groups is 1. The van der Waals surface area contributed by atoms with Crippen LogP contribution in [0.2, 0.25) is 0 Å². The first-order valence-corrected chi connectivity index (χ1v) is 9.39. The molecule has 0 aliphatic heterocycles. The van der Waals surface area contributed by atoms with Gasteiger partial charge in [-0.05, 0) is 32.0 Å². The minimum Gasteiger partial charge on any atom is -0.360 e. The number of fused-ring (bicyclic) bond motifs is 2. The van der Waals surface area contributed by atoms with E-state index in [1.165, 1.54) is 12.1 Å². The summed E-state index contributed by atoms with van der Waals surface area (Å²) in [5.41, 5.74) is 1.15. The van der Waals surface area contributed by atoms with E-state index in [1.54, 1.807) is 41.4 Å². The zero-order valence-corrected chi connectivity index (χ0v) is 16.4. The highest BCUT2D eigenvalue weighted by molar-refractivity contribution is 6.07. The number of nitro benzene ring substituents is 1. The summed E-state index contributed by atoms with van der Waals surface area (Å²) in [5.74, 6) is 0.0547. The number of aromatic nitrogens is 3. The van der Waals surface area contributed by atoms with E-state index in [0.29, 0.717) is 33.2 Å². The Balaban J connectivity index is 1.72. The quantitative estimate of drug-likeness (QED) is 0.389. The molecule has 1 amide bonds. The van der Waals surface area contributed by atoms with Crippen LogP contribution < -0.4 is 5.56 Å². The Morgan fingerprint density at radius 1 is 1.20 bits per heavy atom. The number of non-ortho nitro benzene ring substituents is 1. The first-order chi connectivity index (χ1) is 14.3. The Morgan fingerprint density at radius 3 is 2.70 bits per heavy atom. The highest BCUT2D eigenvalue weighted by Crippen LogP contribution is 2.25. The monoisotopic (exact) mass is 405 g/mol. The largest absolute Gasteiger partial charge is 0.360 e. The van der Waals surface area contributed by atoms with Crippen molar-refractivity contribution in [3.63, 3.8) is 0 Å². The minimum atomic E-state index is -0.495. The van der Waals surface area contributed by atoms with E-state index in [4.69, 9.17) is 0 Å². The number of nitrogens with zero attached hydrogens (tertiary/aromatic N) is 3. The van der Waals surface area contributed by atoms with Gasteiger partial charge in [0.15, 0.2) is 0 Å². The maximum Gasteiger partial charge on any atom is 0.270 e. The van der Waals surface area contributed by atoms with Crippen LogP contribution in [0.1, 0.15) is 30.0 Å². The standard InChI is InChI=1S/C21H19N5O4/c1-12(2)25(11-19-23-18-6-4-3-5-14(18)20(27)24-19)21(28)16-10-22-17-8-7-13(26(29)30)9-15(16)17/h3-10,12,22H,11H2,1-2H3,(H,23,24,27). The van der Waals surface area contributed by atoms with Crippen molar-refractivity contribution in [3.8, 4) is 0 Å². The third-order valence-electron chi connectivity index (χ3n) is 4.97. The van der Waals surface area contributed by atoms with Crippen LogP contribution in [-0.4, -0.2) is 36.7 Å². The molecule has 0 fully saturated rings. The lowest BCUT2D eigenvalue weighted by Crippen LogP contribution is -2.37. The predicted molar refractivity (Wildman–Crippen MR) is 112 cm³/mol. The molecule has 2 N–H and O–H groups in total. The Morgan fingerprint density at radius 2 is 1.97 bits per heavy atom. The van der Waals surface area contributed by atoms with E-state index < -0.39 is 4.92 Å². The molecule has 0 saturated heterocycles. The molecular formula is C21H19N5O4. The Hall–Kier alpha value is -4.01. The maximum atomic E-state index is 13.3. The number of aromatic amines is 2. The lowest BCUT2D eigenvalue weighted by atomic mass is 10.1. The van der Waals surface area contributed by atoms with Crippen LogP contribution in [0, 0.1) is 10.1 Å². The van der Waals surface area contributed by atoms with Crippen LogP contribution in [0.4, 0.5) is 5.69 Å². The molecule has 0 atom stereocenters. The third kappa shape index (κ3) is 3.41. The number of nitrogens with one attached hydrogen (secondary N) is 2. The summed E-state index contributed by atoms with van der Waals surface area (Å²) in [5, 5.41) is 12.1. The van der Waals surface area contributed by atoms with Gasteiger partial charge in [0.2, 0.25) is 0 Å². The highest BCUT2D eigenvalue weighted by atomic mass is 16.6. The fraction of sp³-hybridized carbons (Fsp3) is 0.190. The second kappa shape index (κ2) is 7.43. The average molecular weight is 405 g/mol. The molecule has 0 bridgehead atoms. The van der Waals surface area contributed by atoms with E-state index in [-0.39, 0.29) is 29.7 Å². The number of rotatable bonds is 5. The van der Waals surface area contributed by atoms with Crippen molar-refractivity contribution in [3.05, 3.63) is 80.5 Å². The molecular weight excluding hydrogens is 386 g/mol. The third-order valence-corrected chi connectivity index (χ3v) is 4.97. The van der Waals surface area contributed by atoms with Crippen LogP contribution in [0.3, 0.4) is 0 Å². The topological polar surface area (TPSA) is 125 Å². The summed E-state index contributed by atoms with van der Waals surface area (Å²) in [7, 11) is 0. The van der Waals surface area contributed by atoms with Gasteiger partial charge < -0.3 is 14.9 Å². The molecule has 152 valence electrons. The summed E-state index contributed by atoms with van der Waals surface area (Å²) >= 11 is 0. The number of benzene rings is 2. The Labute approximate surface area is 170 Å². The lowest BCUT2D eigenvalue weighted by molar-refractivity contribution is -0.384. The number of carbonyl (C=O) groups excluding carboxylic acids is 1. The Bertz CT molecular complexity index is 1340. The van der Waals surface area contributed by atoms with Crippen LogP contribution in [-0.2, 0) is 6.54 Å². The van der Waals surface area contributed by atoms with E-state index in [1.807, 2.05) is 13.8 Å². The van der Waals surface area contributed by atoms with Crippen molar-refractivity contribution in [1.29, 1.82) is 0 Å². The number of carbonyl (C=O) groups is 1. The molecule has 0 unspecified atom stereocenters. The molecule has 0 aliphatic carbocycles. The fourth-order valence-electron chi connectivity index (χ4n) is 3.41. The van der Waals surface area contributed by atoms with Gasteiger partial charge in [0.25, 0.3) is 17.2 Å². The van der Waals surface area contributed by atoms with Gasteiger partial charge in [-0.1, -0.05) is 12.1 Å². The molecule has 2 heterocycles. The Kier molecular flexibility index (Phi) is 4.78. The van der Waals surface area contributed by atoms with Gasteiger partial charge in [-0.15, -0.1) is 0 Å². The molecule has 2 aromatic carbocycles. The van der Waals surface area contributed by atoms with Crippen molar-refractivity contribution >= 4 is 33.4 Å². The second-order valence-electron chi connectivity index (χ2n) is 7.25. The molecule has 9 heteroatoms. The summed E-state index contributed by atoms with van der Waals surface area (Å²) in [6.07, 6.45) is 1.54. The van der Waals surface area contributed by atoms with Gasteiger partial charge in [-0.3, -0.25) is 19.7 Å². The summed E-state index contributed by atoms with van der Waals surface area (Å²) < 4.78 is 0. The highest BCUT2D eigenvalue weighted by Gasteiger charge is 2.24. The number of amides is 1. The predicted octanol–water partition coefficient (Wildman–Crippen LogP) is 3.36. The van der Waals surface area contributed by atoms with Gasteiger partial charge in [-0.25, -0.2) is 4.98 Å². The summed E-state index contributed by atoms with van der Waals surface area (Å²) in [6.45, 7) is 3.81. The molecule has 0 radical (unpaired) electrons. The van der Waals surface area contributed by atoms with Crippen LogP contribution >= 0.6 is 0 Å². The van der Waals surface area contributed by atoms with Gasteiger partial charge in [0, 0.05) is 35.3 Å². The van der Waals surface area contributed by atoms with E-state index in [9.17, 15) is 19.7 Å². The second-order valence-corrected chi connectivity index (χ2v) is 7.25. The van der Waals surface area contributed by atoms with Crippen molar-refractivity contribution in [2.45, 2.75) is 26.4 Å². The molecule has 0 aliphatic rings. The van der Waals surface area contributed by atoms with Crippen LogP contribution in [0.25, 0.3) is 21.8 Å². The van der Waals surface area contributed by atoms with Crippen LogP contribution in [0.5, 0.6) is 0 Å². The van der Waals surface area contributed by atoms with E-state index >= 15 is 0 Å². The number of hydrogen-bond donors (Lipinski definition) is 2. The van der Waals surface area contributed by atoms with E-state index in [2.05, 4.69) is 15.0 Å². The fourth-order valence-corrected chi connectivity index (χ4v) is 3.41. The number of hydrogen-bond acceptors (Lipinski definition) is 5. The molecule has 0 spiro atoms. The summed E-state index contributed by atoms with van der Waals surface area (Å²) in [6, 6.07) is 11.1. The molecule has 30 heavy (non-hydrogen) atoms. The zero-order valence-electron chi connectivity index (χ0n) is 16.4. The zero-order chi connectivity index (χ0) is 21.4. The smallest absolute Gasteiger partial charge is 0.270 e. The van der Waals surface area contributed by atoms with Crippen molar-refractivity contribution in [1.82, 2.24) is 19.9 Å². The van der Waals surface area contributed by atoms with Crippen molar-refractivity contribution < 1.29 is 9.72 Å². The van der Waals surface area contributed by atoms with E-state index in [0.717, 1.165) is 0 Å². The van der Waals surface area contributed by atoms with Gasteiger partial charge in [0.1, 0.15) is 5.82 Å². The SMILES string of the molecule is CC(C)N(Cc1nc2ccccc2c(=O)[nH]1)C(=O)c1c[nH]c2ccc([N+](=O)[O-])cc12. The molecule has 4 rings (SSSR count). The van der Waals surface area contributed by atoms with Gasteiger partial charge >= 0.3 is 0 Å². The average Bonchev–Trinajstić information content (AvgIpc) is 3.14.